The normalized spacial score (nSPS) is 15.2. The van der Waals surface area contributed by atoms with Crippen molar-refractivity contribution in [3.63, 3.8) is 0 Å². The van der Waals surface area contributed by atoms with Gasteiger partial charge in [-0.2, -0.15) is 5.10 Å². The number of fused-ring (bicyclic) bond motifs is 2. The van der Waals surface area contributed by atoms with Gasteiger partial charge in [-0.25, -0.2) is 4.98 Å². The Morgan fingerprint density at radius 1 is 0.903 bits per heavy atom. The molecule has 1 saturated heterocycles. The van der Waals surface area contributed by atoms with Crippen LogP contribution in [0.1, 0.15) is 0 Å². The Morgan fingerprint density at radius 2 is 1.74 bits per heavy atom. The van der Waals surface area contributed by atoms with E-state index in [1.54, 1.807) is 12.4 Å². The van der Waals surface area contributed by atoms with E-state index >= 15 is 0 Å². The highest BCUT2D eigenvalue weighted by molar-refractivity contribution is 5.98. The Kier molecular flexibility index (Phi) is 4.17. The smallest absolute Gasteiger partial charge is 0.135 e. The van der Waals surface area contributed by atoms with E-state index in [0.717, 1.165) is 70.8 Å². The van der Waals surface area contributed by atoms with Gasteiger partial charge in [0.1, 0.15) is 11.2 Å². The summed E-state index contributed by atoms with van der Waals surface area (Å²) >= 11 is 0. The molecule has 8 nitrogen and oxygen atoms in total. The number of likely N-dealkylation sites (N-methyl/N-ethyl adjacent to an activating group) is 1. The molecular weight excluding hydrogens is 388 g/mol. The zero-order valence-corrected chi connectivity index (χ0v) is 17.2. The number of hydrogen-bond acceptors (Lipinski definition) is 6. The standard InChI is InChI=1S/C23H22N8/c1-30-8-10-31(11-9-30)21-14-25-13-20-16(21)12-19(26-20)23-22-18(28-29-23)3-2-17(27-22)15-4-6-24-7-5-15/h2-7,12-14,26H,8-11H2,1H3,(H,28,29). The first-order valence-electron chi connectivity index (χ1n) is 10.4. The molecule has 31 heavy (non-hydrogen) atoms. The van der Waals surface area contributed by atoms with Crippen LogP contribution in [-0.2, 0) is 0 Å². The van der Waals surface area contributed by atoms with E-state index < -0.39 is 0 Å². The summed E-state index contributed by atoms with van der Waals surface area (Å²) in [5.74, 6) is 0. The number of hydrogen-bond donors (Lipinski definition) is 2. The van der Waals surface area contributed by atoms with Gasteiger partial charge in [-0.1, -0.05) is 0 Å². The zero-order valence-electron chi connectivity index (χ0n) is 17.2. The van der Waals surface area contributed by atoms with E-state index in [1.165, 1.54) is 5.69 Å². The Balaban J connectivity index is 1.44. The molecule has 154 valence electrons. The molecule has 0 saturated carbocycles. The maximum absolute atomic E-state index is 4.90. The van der Waals surface area contributed by atoms with Crippen molar-refractivity contribution in [1.29, 1.82) is 0 Å². The Morgan fingerprint density at radius 3 is 2.58 bits per heavy atom. The fourth-order valence-electron chi connectivity index (χ4n) is 4.23. The molecule has 0 spiro atoms. The molecule has 0 unspecified atom stereocenters. The number of pyridine rings is 3. The van der Waals surface area contributed by atoms with E-state index in [0.29, 0.717) is 0 Å². The van der Waals surface area contributed by atoms with Crippen molar-refractivity contribution in [2.45, 2.75) is 0 Å². The number of aromatic nitrogens is 6. The van der Waals surface area contributed by atoms with E-state index in [-0.39, 0.29) is 0 Å². The lowest BCUT2D eigenvalue weighted by molar-refractivity contribution is 0.313. The number of piperazine rings is 1. The van der Waals surface area contributed by atoms with Gasteiger partial charge in [0.05, 0.1) is 40.5 Å². The molecule has 5 aromatic heterocycles. The van der Waals surface area contributed by atoms with Gasteiger partial charge in [-0.15, -0.1) is 0 Å². The number of nitrogens with one attached hydrogen (secondary N) is 2. The average Bonchev–Trinajstić information content (AvgIpc) is 3.43. The lowest BCUT2D eigenvalue weighted by Crippen LogP contribution is -2.44. The van der Waals surface area contributed by atoms with Crippen LogP contribution in [-0.4, -0.2) is 68.3 Å². The van der Waals surface area contributed by atoms with Crippen LogP contribution >= 0.6 is 0 Å². The monoisotopic (exact) mass is 410 g/mol. The molecule has 2 N–H and O–H groups in total. The molecule has 0 amide bonds. The molecule has 0 bridgehead atoms. The van der Waals surface area contributed by atoms with Gasteiger partial charge in [0.2, 0.25) is 0 Å². The summed E-state index contributed by atoms with van der Waals surface area (Å²) in [7, 11) is 2.17. The average molecular weight is 410 g/mol. The minimum atomic E-state index is 0.812. The van der Waals surface area contributed by atoms with Crippen molar-refractivity contribution < 1.29 is 0 Å². The van der Waals surface area contributed by atoms with Gasteiger partial charge in [0.25, 0.3) is 0 Å². The topological polar surface area (TPSA) is 89.6 Å². The van der Waals surface area contributed by atoms with Crippen molar-refractivity contribution in [3.8, 4) is 22.6 Å². The highest BCUT2D eigenvalue weighted by atomic mass is 15.3. The maximum atomic E-state index is 4.90. The van der Waals surface area contributed by atoms with E-state index in [1.807, 2.05) is 36.7 Å². The minimum absolute atomic E-state index is 0.812. The van der Waals surface area contributed by atoms with Gasteiger partial charge in [-0.05, 0) is 37.4 Å². The molecule has 0 aromatic carbocycles. The highest BCUT2D eigenvalue weighted by Gasteiger charge is 2.19. The van der Waals surface area contributed by atoms with Crippen molar-refractivity contribution in [3.05, 3.63) is 55.1 Å². The largest absolute Gasteiger partial charge is 0.367 e. The van der Waals surface area contributed by atoms with E-state index in [2.05, 4.69) is 48.1 Å². The molecule has 8 heteroatoms. The van der Waals surface area contributed by atoms with Gasteiger partial charge < -0.3 is 14.8 Å². The number of rotatable bonds is 3. The number of aromatic amines is 2. The van der Waals surface area contributed by atoms with Crippen molar-refractivity contribution in [1.82, 2.24) is 35.0 Å². The van der Waals surface area contributed by atoms with Crippen LogP contribution in [0.4, 0.5) is 5.69 Å². The van der Waals surface area contributed by atoms with E-state index in [9.17, 15) is 0 Å². The number of nitrogens with zero attached hydrogens (tertiary/aromatic N) is 6. The summed E-state index contributed by atoms with van der Waals surface area (Å²) in [6.07, 6.45) is 7.40. The summed E-state index contributed by atoms with van der Waals surface area (Å²) in [5, 5.41) is 8.86. The molecule has 6 heterocycles. The van der Waals surface area contributed by atoms with Crippen LogP contribution in [0.5, 0.6) is 0 Å². The zero-order chi connectivity index (χ0) is 20.8. The van der Waals surface area contributed by atoms with Crippen LogP contribution in [0.25, 0.3) is 44.6 Å². The van der Waals surface area contributed by atoms with Crippen LogP contribution in [0.3, 0.4) is 0 Å². The third kappa shape index (κ3) is 3.12. The van der Waals surface area contributed by atoms with Crippen molar-refractivity contribution >= 4 is 27.6 Å². The molecule has 0 aliphatic carbocycles. The van der Waals surface area contributed by atoms with Crippen LogP contribution in [0.2, 0.25) is 0 Å². The van der Waals surface area contributed by atoms with Gasteiger partial charge >= 0.3 is 0 Å². The van der Waals surface area contributed by atoms with Crippen molar-refractivity contribution in [2.24, 2.45) is 0 Å². The summed E-state index contributed by atoms with van der Waals surface area (Å²) in [5.41, 5.74) is 7.59. The van der Waals surface area contributed by atoms with Crippen molar-refractivity contribution in [2.75, 3.05) is 38.1 Å². The number of H-pyrrole nitrogens is 2. The lowest BCUT2D eigenvalue weighted by Gasteiger charge is -2.34. The van der Waals surface area contributed by atoms with Crippen LogP contribution in [0.15, 0.2) is 55.1 Å². The fraction of sp³-hybridized carbons (Fsp3) is 0.217. The second kappa shape index (κ2) is 7.17. The Labute approximate surface area is 179 Å². The summed E-state index contributed by atoms with van der Waals surface area (Å²) < 4.78 is 0. The SMILES string of the molecule is CN1CCN(c2cncc3[nH]c(-c4n[nH]c5ccc(-c6ccncc6)nc45)cc23)CC1. The highest BCUT2D eigenvalue weighted by Crippen LogP contribution is 2.33. The van der Waals surface area contributed by atoms with Crippen LogP contribution < -0.4 is 4.90 Å². The lowest BCUT2D eigenvalue weighted by atomic mass is 10.1. The predicted octanol–water partition coefficient (Wildman–Crippen LogP) is 3.32. The third-order valence-electron chi connectivity index (χ3n) is 6.01. The maximum Gasteiger partial charge on any atom is 0.135 e. The second-order valence-corrected chi connectivity index (χ2v) is 7.99. The second-order valence-electron chi connectivity index (χ2n) is 7.99. The van der Waals surface area contributed by atoms with Gasteiger partial charge in [-0.3, -0.25) is 15.1 Å². The molecule has 1 aliphatic rings. The molecule has 1 fully saturated rings. The first-order chi connectivity index (χ1) is 15.3. The molecule has 0 radical (unpaired) electrons. The number of anilines is 1. The summed E-state index contributed by atoms with van der Waals surface area (Å²) in [6.45, 7) is 4.11. The first kappa shape index (κ1) is 18.0. The Hall–Kier alpha value is -3.78. The van der Waals surface area contributed by atoms with Gasteiger partial charge in [0.15, 0.2) is 0 Å². The molecule has 5 aromatic rings. The molecule has 0 atom stereocenters. The molecule has 6 rings (SSSR count). The first-order valence-corrected chi connectivity index (χ1v) is 10.4. The third-order valence-corrected chi connectivity index (χ3v) is 6.01. The fourth-order valence-corrected chi connectivity index (χ4v) is 4.23. The van der Waals surface area contributed by atoms with E-state index in [4.69, 9.17) is 4.98 Å². The van der Waals surface area contributed by atoms with Gasteiger partial charge in [0, 0.05) is 49.5 Å². The molecular formula is C23H22N8. The summed E-state index contributed by atoms with van der Waals surface area (Å²) in [4.78, 5) is 21.8. The summed E-state index contributed by atoms with van der Waals surface area (Å²) in [6, 6.07) is 10.1. The quantitative estimate of drug-likeness (QED) is 0.474. The minimum Gasteiger partial charge on any atom is -0.367 e. The van der Waals surface area contributed by atoms with Crippen LogP contribution in [0, 0.1) is 0 Å². The molecule has 1 aliphatic heterocycles. The predicted molar refractivity (Wildman–Crippen MR) is 122 cm³/mol. The Bertz CT molecular complexity index is 1360.